The first-order valence-corrected chi connectivity index (χ1v) is 4.69. The van der Waals surface area contributed by atoms with Crippen molar-refractivity contribution in [1.82, 2.24) is 5.32 Å². The van der Waals surface area contributed by atoms with Gasteiger partial charge in [-0.1, -0.05) is 6.08 Å². The zero-order valence-electron chi connectivity index (χ0n) is 7.51. The molecule has 1 heterocycles. The fourth-order valence-electron chi connectivity index (χ4n) is 2.24. The second kappa shape index (κ2) is 3.80. The van der Waals surface area contributed by atoms with Crippen molar-refractivity contribution in [1.29, 1.82) is 0 Å². The quantitative estimate of drug-likeness (QED) is 0.656. The van der Waals surface area contributed by atoms with E-state index in [2.05, 4.69) is 11.9 Å². The van der Waals surface area contributed by atoms with E-state index in [0.29, 0.717) is 0 Å². The summed E-state index contributed by atoms with van der Waals surface area (Å²) in [6, 6.07) is 0.740. The highest BCUT2D eigenvalue weighted by Crippen LogP contribution is 2.53. The van der Waals surface area contributed by atoms with Gasteiger partial charge in [-0.2, -0.15) is 0 Å². The second-order valence-corrected chi connectivity index (χ2v) is 4.13. The van der Waals surface area contributed by atoms with E-state index < -0.39 is 0 Å². The Morgan fingerprint density at radius 2 is 2.17 bits per heavy atom. The first kappa shape index (κ1) is 10.1. The van der Waals surface area contributed by atoms with Gasteiger partial charge in [-0.15, -0.1) is 19.0 Å². The normalized spacial score (nSPS) is 30.8. The van der Waals surface area contributed by atoms with Gasteiger partial charge >= 0.3 is 0 Å². The highest BCUT2D eigenvalue weighted by molar-refractivity contribution is 5.85. The molecule has 2 rings (SSSR count). The third kappa shape index (κ3) is 2.02. The van der Waals surface area contributed by atoms with Crippen molar-refractivity contribution in [2.45, 2.75) is 38.1 Å². The fraction of sp³-hybridized carbons (Fsp3) is 0.800. The second-order valence-electron chi connectivity index (χ2n) is 4.13. The van der Waals surface area contributed by atoms with E-state index in [1.807, 2.05) is 6.08 Å². The highest BCUT2D eigenvalue weighted by atomic mass is 35.5. The maximum absolute atomic E-state index is 3.78. The van der Waals surface area contributed by atoms with Gasteiger partial charge in [0.1, 0.15) is 0 Å². The highest BCUT2D eigenvalue weighted by Gasteiger charge is 2.45. The predicted molar refractivity (Wildman–Crippen MR) is 54.8 cm³/mol. The number of rotatable bonds is 2. The van der Waals surface area contributed by atoms with E-state index in [-0.39, 0.29) is 12.4 Å². The molecule has 1 nitrogen and oxygen atoms in total. The molecule has 0 amide bonds. The molecule has 0 aromatic carbocycles. The molecule has 1 saturated carbocycles. The Kier molecular flexibility index (Phi) is 3.19. The number of nitrogens with one attached hydrogen (secondary N) is 1. The fourth-order valence-corrected chi connectivity index (χ4v) is 2.24. The average molecular weight is 188 g/mol. The SMILES string of the molecule is C=CCC1CC2(CCN1)CC2.Cl. The molecule has 0 aromatic rings. The summed E-state index contributed by atoms with van der Waals surface area (Å²) in [5.74, 6) is 0. The van der Waals surface area contributed by atoms with E-state index in [1.54, 1.807) is 0 Å². The van der Waals surface area contributed by atoms with Gasteiger partial charge in [-0.05, 0) is 44.1 Å². The van der Waals surface area contributed by atoms with E-state index in [4.69, 9.17) is 0 Å². The summed E-state index contributed by atoms with van der Waals surface area (Å²) < 4.78 is 0. The lowest BCUT2D eigenvalue weighted by Crippen LogP contribution is -2.38. The Morgan fingerprint density at radius 1 is 1.42 bits per heavy atom. The molecule has 1 aliphatic heterocycles. The van der Waals surface area contributed by atoms with Gasteiger partial charge in [0.25, 0.3) is 0 Å². The lowest BCUT2D eigenvalue weighted by atomic mass is 9.88. The van der Waals surface area contributed by atoms with Gasteiger partial charge < -0.3 is 5.32 Å². The minimum Gasteiger partial charge on any atom is -0.314 e. The summed E-state index contributed by atoms with van der Waals surface area (Å²) in [6.45, 7) is 5.02. The minimum absolute atomic E-state index is 0. The van der Waals surface area contributed by atoms with Crippen LogP contribution >= 0.6 is 12.4 Å². The van der Waals surface area contributed by atoms with Gasteiger partial charge in [0, 0.05) is 6.04 Å². The van der Waals surface area contributed by atoms with Crippen LogP contribution in [-0.2, 0) is 0 Å². The van der Waals surface area contributed by atoms with Crippen molar-refractivity contribution < 1.29 is 0 Å². The van der Waals surface area contributed by atoms with Crippen molar-refractivity contribution in [2.75, 3.05) is 6.54 Å². The Labute approximate surface area is 81.0 Å². The van der Waals surface area contributed by atoms with E-state index in [1.165, 1.54) is 32.2 Å². The molecule has 70 valence electrons. The molecule has 1 unspecified atom stereocenters. The number of hydrogen-bond donors (Lipinski definition) is 1. The Hall–Kier alpha value is -0.0100. The Bertz CT molecular complexity index is 163. The molecule has 1 saturated heterocycles. The summed E-state index contributed by atoms with van der Waals surface area (Å²) in [4.78, 5) is 0. The van der Waals surface area contributed by atoms with E-state index in [9.17, 15) is 0 Å². The van der Waals surface area contributed by atoms with E-state index >= 15 is 0 Å². The molecule has 12 heavy (non-hydrogen) atoms. The number of halogens is 1. The summed E-state index contributed by atoms with van der Waals surface area (Å²) >= 11 is 0. The van der Waals surface area contributed by atoms with Crippen LogP contribution in [0.1, 0.15) is 32.1 Å². The molecule has 2 fully saturated rings. The maximum Gasteiger partial charge on any atom is 0.0107 e. The number of hydrogen-bond acceptors (Lipinski definition) is 1. The topological polar surface area (TPSA) is 12.0 Å². The van der Waals surface area contributed by atoms with Crippen LogP contribution in [0.4, 0.5) is 0 Å². The van der Waals surface area contributed by atoms with E-state index in [0.717, 1.165) is 17.9 Å². The Balaban J connectivity index is 0.000000720. The molecule has 2 heteroatoms. The third-order valence-corrected chi connectivity index (χ3v) is 3.18. The van der Waals surface area contributed by atoms with Gasteiger partial charge in [0.15, 0.2) is 0 Å². The summed E-state index contributed by atoms with van der Waals surface area (Å²) in [7, 11) is 0. The van der Waals surface area contributed by atoms with Crippen LogP contribution in [0.3, 0.4) is 0 Å². The molecule has 0 radical (unpaired) electrons. The zero-order valence-corrected chi connectivity index (χ0v) is 8.33. The lowest BCUT2D eigenvalue weighted by Gasteiger charge is -2.29. The van der Waals surface area contributed by atoms with Crippen LogP contribution in [-0.4, -0.2) is 12.6 Å². The Morgan fingerprint density at radius 3 is 2.75 bits per heavy atom. The molecule has 1 spiro atoms. The minimum atomic E-state index is 0. The lowest BCUT2D eigenvalue weighted by molar-refractivity contribution is 0.284. The summed E-state index contributed by atoms with van der Waals surface area (Å²) in [5, 5.41) is 3.54. The maximum atomic E-state index is 3.78. The average Bonchev–Trinajstić information content (AvgIpc) is 2.70. The third-order valence-electron chi connectivity index (χ3n) is 3.18. The molecule has 1 aliphatic carbocycles. The van der Waals surface area contributed by atoms with Crippen molar-refractivity contribution in [3.8, 4) is 0 Å². The van der Waals surface area contributed by atoms with Crippen LogP contribution in [0, 0.1) is 5.41 Å². The first-order valence-electron chi connectivity index (χ1n) is 4.69. The predicted octanol–water partition coefficient (Wildman–Crippen LogP) is 2.52. The molecule has 1 atom stereocenters. The summed E-state index contributed by atoms with van der Waals surface area (Å²) in [5.41, 5.74) is 0.791. The van der Waals surface area contributed by atoms with Crippen LogP contribution in [0.2, 0.25) is 0 Å². The molecule has 2 aliphatic rings. The largest absolute Gasteiger partial charge is 0.314 e. The molecule has 0 aromatic heterocycles. The van der Waals surface area contributed by atoms with Crippen LogP contribution in [0.5, 0.6) is 0 Å². The first-order chi connectivity index (χ1) is 5.35. The van der Waals surface area contributed by atoms with Gasteiger partial charge in [-0.25, -0.2) is 0 Å². The van der Waals surface area contributed by atoms with Crippen LogP contribution in [0.15, 0.2) is 12.7 Å². The van der Waals surface area contributed by atoms with Crippen molar-refractivity contribution in [3.63, 3.8) is 0 Å². The van der Waals surface area contributed by atoms with Crippen LogP contribution in [0.25, 0.3) is 0 Å². The van der Waals surface area contributed by atoms with Crippen molar-refractivity contribution in [2.24, 2.45) is 5.41 Å². The van der Waals surface area contributed by atoms with Crippen LogP contribution < -0.4 is 5.32 Å². The molecule has 1 N–H and O–H groups in total. The smallest absolute Gasteiger partial charge is 0.0107 e. The molecular weight excluding hydrogens is 170 g/mol. The molecule has 0 bridgehead atoms. The molecular formula is C10H18ClN. The number of piperidine rings is 1. The van der Waals surface area contributed by atoms with Gasteiger partial charge in [0.2, 0.25) is 0 Å². The summed E-state index contributed by atoms with van der Waals surface area (Å²) in [6.07, 6.45) is 8.99. The zero-order chi connectivity index (χ0) is 7.73. The standard InChI is InChI=1S/C10H17N.ClH/c1-2-3-9-8-10(4-5-10)6-7-11-9;/h2,9,11H,1,3-8H2;1H. The van der Waals surface area contributed by atoms with Gasteiger partial charge in [0.05, 0.1) is 0 Å². The van der Waals surface area contributed by atoms with Crippen molar-refractivity contribution >= 4 is 12.4 Å². The van der Waals surface area contributed by atoms with Gasteiger partial charge in [-0.3, -0.25) is 0 Å². The van der Waals surface area contributed by atoms with Crippen molar-refractivity contribution in [3.05, 3.63) is 12.7 Å². The monoisotopic (exact) mass is 187 g/mol.